The minimum Gasteiger partial charge on any atom is -0.310 e. The normalized spacial score (nSPS) is 12.4. The molecule has 0 saturated carbocycles. The number of benzene rings is 2. The van der Waals surface area contributed by atoms with Crippen molar-refractivity contribution in [1.82, 2.24) is 5.32 Å². The Bertz CT molecular complexity index is 628. The molecule has 1 atom stereocenters. The summed E-state index contributed by atoms with van der Waals surface area (Å²) >= 11 is 3.48. The van der Waals surface area contributed by atoms with Crippen LogP contribution in [-0.4, -0.2) is 6.54 Å². The molecule has 112 valence electrons. The van der Waals surface area contributed by atoms with E-state index in [1.807, 2.05) is 31.2 Å². The smallest absolute Gasteiger partial charge is 0.133 e. The van der Waals surface area contributed by atoms with Crippen molar-refractivity contribution in [3.05, 3.63) is 69.2 Å². The zero-order valence-electron chi connectivity index (χ0n) is 12.1. The van der Waals surface area contributed by atoms with Gasteiger partial charge in [-0.3, -0.25) is 0 Å². The first-order valence-electron chi connectivity index (χ1n) is 6.95. The summed E-state index contributed by atoms with van der Waals surface area (Å²) in [4.78, 5) is 0. The second-order valence-corrected chi connectivity index (χ2v) is 5.85. The molecule has 1 unspecified atom stereocenters. The maximum atomic E-state index is 14.3. The van der Waals surface area contributed by atoms with Gasteiger partial charge in [0, 0.05) is 16.1 Å². The lowest BCUT2D eigenvalue weighted by Gasteiger charge is -2.21. The summed E-state index contributed by atoms with van der Waals surface area (Å²) in [5.74, 6) is -0.968. The highest BCUT2D eigenvalue weighted by Crippen LogP contribution is 2.28. The maximum Gasteiger partial charge on any atom is 0.133 e. The lowest BCUT2D eigenvalue weighted by Crippen LogP contribution is -2.25. The Morgan fingerprint density at radius 3 is 2.52 bits per heavy atom. The number of hydrogen-bond donors (Lipinski definition) is 1. The van der Waals surface area contributed by atoms with E-state index in [1.54, 1.807) is 6.92 Å². The molecule has 2 aromatic carbocycles. The van der Waals surface area contributed by atoms with Crippen molar-refractivity contribution in [2.45, 2.75) is 26.3 Å². The molecule has 1 N–H and O–H groups in total. The van der Waals surface area contributed by atoms with E-state index >= 15 is 0 Å². The van der Waals surface area contributed by atoms with Crippen molar-refractivity contribution < 1.29 is 8.78 Å². The third kappa shape index (κ3) is 3.69. The molecule has 0 aliphatic rings. The van der Waals surface area contributed by atoms with Crippen LogP contribution in [0.1, 0.15) is 29.7 Å². The van der Waals surface area contributed by atoms with Gasteiger partial charge in [-0.25, -0.2) is 8.78 Å². The number of rotatable bonds is 5. The maximum absolute atomic E-state index is 14.3. The van der Waals surface area contributed by atoms with Crippen LogP contribution >= 0.6 is 15.9 Å². The highest BCUT2D eigenvalue weighted by atomic mass is 79.9. The predicted octanol–water partition coefficient (Wildman–Crippen LogP) is 4.93. The first kappa shape index (κ1) is 16.1. The minimum atomic E-state index is -0.504. The third-order valence-corrected chi connectivity index (χ3v) is 4.27. The van der Waals surface area contributed by atoms with Gasteiger partial charge in [0.2, 0.25) is 0 Å². The summed E-state index contributed by atoms with van der Waals surface area (Å²) in [6.45, 7) is 4.22. The fraction of sp³-hybridized carbons (Fsp3) is 0.294. The summed E-state index contributed by atoms with van der Waals surface area (Å²) in [5.41, 5.74) is 1.60. The van der Waals surface area contributed by atoms with Crippen molar-refractivity contribution in [3.63, 3.8) is 0 Å². The molecule has 21 heavy (non-hydrogen) atoms. The van der Waals surface area contributed by atoms with Gasteiger partial charge in [0.05, 0.1) is 0 Å². The van der Waals surface area contributed by atoms with Crippen molar-refractivity contribution in [1.29, 1.82) is 0 Å². The van der Waals surface area contributed by atoms with Crippen molar-refractivity contribution in [2.75, 3.05) is 6.54 Å². The van der Waals surface area contributed by atoms with Crippen LogP contribution in [0.4, 0.5) is 8.78 Å². The van der Waals surface area contributed by atoms with Gasteiger partial charge in [-0.15, -0.1) is 0 Å². The van der Waals surface area contributed by atoms with Gasteiger partial charge in [-0.1, -0.05) is 47.1 Å². The highest BCUT2D eigenvalue weighted by Gasteiger charge is 2.21. The molecule has 4 heteroatoms. The second kappa shape index (κ2) is 7.14. The molecule has 2 rings (SSSR count). The van der Waals surface area contributed by atoms with Crippen LogP contribution < -0.4 is 5.32 Å². The number of nitrogens with one attached hydrogen (secondary N) is 1. The molecule has 0 spiro atoms. The fourth-order valence-corrected chi connectivity index (χ4v) is 2.85. The van der Waals surface area contributed by atoms with Crippen LogP contribution in [0, 0.1) is 18.6 Å². The molecule has 0 saturated heterocycles. The summed E-state index contributed by atoms with van der Waals surface area (Å²) in [6, 6.07) is 10.1. The van der Waals surface area contributed by atoms with Gasteiger partial charge in [0.1, 0.15) is 11.6 Å². The third-order valence-electron chi connectivity index (χ3n) is 3.50. The van der Waals surface area contributed by atoms with E-state index in [-0.39, 0.29) is 5.56 Å². The Morgan fingerprint density at radius 2 is 1.86 bits per heavy atom. The Hall–Kier alpha value is -1.26. The standard InChI is InChI=1S/C17H18BrF2N/c1-3-21-15(10-12-6-4-5-7-13(12)18)16-14(19)9-8-11(2)17(16)20/h4-9,15,21H,3,10H2,1-2H3. The van der Waals surface area contributed by atoms with Gasteiger partial charge in [-0.2, -0.15) is 0 Å². The molecule has 0 radical (unpaired) electrons. The number of aryl methyl sites for hydroxylation is 1. The first-order chi connectivity index (χ1) is 10.0. The number of hydrogen-bond acceptors (Lipinski definition) is 1. The van der Waals surface area contributed by atoms with Crippen molar-refractivity contribution in [2.24, 2.45) is 0 Å². The minimum absolute atomic E-state index is 0.118. The van der Waals surface area contributed by atoms with Gasteiger partial charge in [0.25, 0.3) is 0 Å². The Morgan fingerprint density at radius 1 is 1.14 bits per heavy atom. The molecule has 0 bridgehead atoms. The topological polar surface area (TPSA) is 12.0 Å². The monoisotopic (exact) mass is 353 g/mol. The molecule has 0 fully saturated rings. The summed E-state index contributed by atoms with van der Waals surface area (Å²) < 4.78 is 29.4. The summed E-state index contributed by atoms with van der Waals surface area (Å²) in [6.07, 6.45) is 0.520. The van der Waals surface area contributed by atoms with Gasteiger partial charge >= 0.3 is 0 Å². The van der Waals surface area contributed by atoms with E-state index < -0.39 is 17.7 Å². The van der Waals surface area contributed by atoms with Crippen LogP contribution in [0.5, 0.6) is 0 Å². The molecule has 0 heterocycles. The summed E-state index contributed by atoms with van der Waals surface area (Å²) in [7, 11) is 0. The Balaban J connectivity index is 2.40. The Kier molecular flexibility index (Phi) is 5.48. The van der Waals surface area contributed by atoms with Crippen LogP contribution in [0.15, 0.2) is 40.9 Å². The summed E-state index contributed by atoms with van der Waals surface area (Å²) in [5, 5.41) is 3.18. The van der Waals surface area contributed by atoms with E-state index in [9.17, 15) is 8.78 Å². The Labute approximate surface area is 132 Å². The zero-order valence-corrected chi connectivity index (χ0v) is 13.7. The zero-order chi connectivity index (χ0) is 15.4. The second-order valence-electron chi connectivity index (χ2n) is 5.00. The quantitative estimate of drug-likeness (QED) is 0.803. The SMILES string of the molecule is CCNC(Cc1ccccc1Br)c1c(F)ccc(C)c1F. The average molecular weight is 354 g/mol. The van der Waals surface area contributed by atoms with E-state index in [2.05, 4.69) is 21.2 Å². The molecule has 0 amide bonds. The van der Waals surface area contributed by atoms with Crippen LogP contribution in [-0.2, 0) is 6.42 Å². The average Bonchev–Trinajstić information content (AvgIpc) is 2.46. The number of halogens is 3. The lowest BCUT2D eigenvalue weighted by atomic mass is 9.96. The largest absolute Gasteiger partial charge is 0.310 e. The van der Waals surface area contributed by atoms with E-state index in [1.165, 1.54) is 12.1 Å². The number of likely N-dealkylation sites (N-methyl/N-ethyl adjacent to an activating group) is 1. The molecule has 0 aromatic heterocycles. The molecule has 1 nitrogen and oxygen atoms in total. The first-order valence-corrected chi connectivity index (χ1v) is 7.75. The molecular formula is C17H18BrF2N. The van der Waals surface area contributed by atoms with Gasteiger partial charge in [0.15, 0.2) is 0 Å². The van der Waals surface area contributed by atoms with Gasteiger partial charge < -0.3 is 5.32 Å². The molecular weight excluding hydrogens is 336 g/mol. The van der Waals surface area contributed by atoms with Crippen molar-refractivity contribution in [3.8, 4) is 0 Å². The van der Waals surface area contributed by atoms with Crippen molar-refractivity contribution >= 4 is 15.9 Å². The molecule has 0 aliphatic carbocycles. The highest BCUT2D eigenvalue weighted by molar-refractivity contribution is 9.10. The van der Waals surface area contributed by atoms with Crippen LogP contribution in [0.25, 0.3) is 0 Å². The van der Waals surface area contributed by atoms with Gasteiger partial charge in [-0.05, 0) is 43.1 Å². The molecule has 0 aliphatic heterocycles. The van der Waals surface area contributed by atoms with Crippen LogP contribution in [0.3, 0.4) is 0 Å². The van der Waals surface area contributed by atoms with E-state index in [0.29, 0.717) is 18.5 Å². The van der Waals surface area contributed by atoms with E-state index in [4.69, 9.17) is 0 Å². The lowest BCUT2D eigenvalue weighted by molar-refractivity contribution is 0.470. The van der Waals surface area contributed by atoms with E-state index in [0.717, 1.165) is 10.0 Å². The fourth-order valence-electron chi connectivity index (χ4n) is 2.40. The molecule has 2 aromatic rings. The van der Waals surface area contributed by atoms with Crippen LogP contribution in [0.2, 0.25) is 0 Å². The predicted molar refractivity (Wildman–Crippen MR) is 85.4 cm³/mol.